The SMILES string of the molecule is Cc1cccc(C)c1N1CC(C(C)C)CC1=O.N#Cc1cc(NC=O)cc(C(F)(F)F)c1. The van der Waals surface area contributed by atoms with Gasteiger partial charge in [-0.2, -0.15) is 18.4 Å². The Labute approximate surface area is 185 Å². The average molecular weight is 445 g/mol. The Morgan fingerprint density at radius 2 is 1.81 bits per heavy atom. The van der Waals surface area contributed by atoms with E-state index in [4.69, 9.17) is 5.26 Å². The summed E-state index contributed by atoms with van der Waals surface area (Å²) in [4.78, 5) is 24.2. The maximum absolute atomic E-state index is 12.3. The molecule has 2 aromatic rings. The smallest absolute Gasteiger partial charge is 0.329 e. The first-order valence-corrected chi connectivity index (χ1v) is 10.2. The highest BCUT2D eigenvalue weighted by atomic mass is 19.4. The molecule has 32 heavy (non-hydrogen) atoms. The third kappa shape index (κ3) is 6.10. The standard InChI is InChI=1S/C15H21NO.C9H5F3N2O/c1-10(2)13-8-14(17)16(9-13)15-11(3)6-5-7-12(15)4;10-9(11,12)7-1-6(4-13)2-8(3-7)14-5-15/h5-7,10,13H,8-9H2,1-4H3;1-3,5H,(H,14,15). The van der Waals surface area contributed by atoms with Gasteiger partial charge < -0.3 is 10.2 Å². The minimum atomic E-state index is -4.54. The molecule has 0 spiro atoms. The number of nitrogens with zero attached hydrogens (tertiary/aromatic N) is 2. The number of halogens is 3. The molecule has 1 saturated heterocycles. The van der Waals surface area contributed by atoms with E-state index in [0.717, 1.165) is 30.4 Å². The van der Waals surface area contributed by atoms with Crippen molar-refractivity contribution in [3.8, 4) is 6.07 Å². The van der Waals surface area contributed by atoms with Gasteiger partial charge in [0.1, 0.15) is 0 Å². The van der Waals surface area contributed by atoms with E-state index < -0.39 is 11.7 Å². The van der Waals surface area contributed by atoms with Crippen LogP contribution in [-0.4, -0.2) is 18.9 Å². The summed E-state index contributed by atoms with van der Waals surface area (Å²) in [6.07, 6.45) is -3.59. The lowest BCUT2D eigenvalue weighted by Gasteiger charge is -2.22. The van der Waals surface area contributed by atoms with Crippen LogP contribution in [0.1, 0.15) is 42.5 Å². The van der Waals surface area contributed by atoms with Crippen molar-refractivity contribution in [2.45, 2.75) is 40.3 Å². The van der Waals surface area contributed by atoms with Crippen LogP contribution in [0.25, 0.3) is 0 Å². The summed E-state index contributed by atoms with van der Waals surface area (Å²) >= 11 is 0. The van der Waals surface area contributed by atoms with Crippen molar-refractivity contribution >= 4 is 23.7 Å². The Bertz CT molecular complexity index is 1010. The van der Waals surface area contributed by atoms with Gasteiger partial charge in [0.25, 0.3) is 0 Å². The number of rotatable bonds is 4. The number of carbonyl (C=O) groups is 2. The molecule has 0 aromatic heterocycles. The van der Waals surface area contributed by atoms with Crippen LogP contribution in [0.2, 0.25) is 0 Å². The van der Waals surface area contributed by atoms with Gasteiger partial charge in [-0.25, -0.2) is 0 Å². The molecule has 1 aliphatic heterocycles. The molecular weight excluding hydrogens is 419 g/mol. The molecule has 170 valence electrons. The van der Waals surface area contributed by atoms with Crippen molar-refractivity contribution in [1.29, 1.82) is 5.26 Å². The van der Waals surface area contributed by atoms with Crippen molar-refractivity contribution in [1.82, 2.24) is 0 Å². The highest BCUT2D eigenvalue weighted by Crippen LogP contribution is 2.33. The van der Waals surface area contributed by atoms with Crippen LogP contribution in [0, 0.1) is 37.0 Å². The predicted molar refractivity (Wildman–Crippen MR) is 117 cm³/mol. The molecule has 1 aliphatic rings. The van der Waals surface area contributed by atoms with E-state index >= 15 is 0 Å². The number of hydrogen-bond donors (Lipinski definition) is 1. The van der Waals surface area contributed by atoms with Gasteiger partial charge in [0.15, 0.2) is 0 Å². The summed E-state index contributed by atoms with van der Waals surface area (Å²) in [7, 11) is 0. The number of benzene rings is 2. The quantitative estimate of drug-likeness (QED) is 0.636. The third-order valence-electron chi connectivity index (χ3n) is 5.42. The van der Waals surface area contributed by atoms with Gasteiger partial charge in [0, 0.05) is 24.3 Å². The number of amides is 2. The van der Waals surface area contributed by atoms with Crippen molar-refractivity contribution in [3.63, 3.8) is 0 Å². The molecule has 2 aromatic carbocycles. The van der Waals surface area contributed by atoms with Gasteiger partial charge in [-0.15, -0.1) is 0 Å². The second-order valence-corrected chi connectivity index (χ2v) is 8.12. The Hall–Kier alpha value is -3.34. The Morgan fingerprint density at radius 1 is 1.19 bits per heavy atom. The van der Waals surface area contributed by atoms with Crippen LogP contribution in [0.15, 0.2) is 36.4 Å². The number of anilines is 2. The summed E-state index contributed by atoms with van der Waals surface area (Å²) < 4.78 is 36.9. The molecule has 1 N–H and O–H groups in total. The third-order valence-corrected chi connectivity index (χ3v) is 5.42. The number of para-hydroxylation sites is 1. The van der Waals surface area contributed by atoms with E-state index in [2.05, 4.69) is 51.2 Å². The molecule has 1 unspecified atom stereocenters. The topological polar surface area (TPSA) is 73.2 Å². The minimum Gasteiger partial charge on any atom is -0.329 e. The molecule has 0 saturated carbocycles. The van der Waals surface area contributed by atoms with E-state index in [-0.39, 0.29) is 23.6 Å². The monoisotopic (exact) mass is 445 g/mol. The van der Waals surface area contributed by atoms with Gasteiger partial charge in [-0.3, -0.25) is 9.59 Å². The second-order valence-electron chi connectivity index (χ2n) is 8.12. The van der Waals surface area contributed by atoms with Gasteiger partial charge in [0.2, 0.25) is 12.3 Å². The fourth-order valence-corrected chi connectivity index (χ4v) is 3.64. The number of alkyl halides is 3. The van der Waals surface area contributed by atoms with E-state index in [1.807, 2.05) is 4.90 Å². The van der Waals surface area contributed by atoms with Gasteiger partial charge in [-0.05, 0) is 55.0 Å². The maximum atomic E-state index is 12.3. The van der Waals surface area contributed by atoms with Gasteiger partial charge in [-0.1, -0.05) is 32.0 Å². The number of nitrogens with one attached hydrogen (secondary N) is 1. The van der Waals surface area contributed by atoms with Crippen LogP contribution in [0.4, 0.5) is 24.5 Å². The lowest BCUT2D eigenvalue weighted by molar-refractivity contribution is -0.137. The van der Waals surface area contributed by atoms with E-state index in [0.29, 0.717) is 18.3 Å². The van der Waals surface area contributed by atoms with E-state index in [1.54, 1.807) is 6.07 Å². The predicted octanol–water partition coefficient (Wildman–Crippen LogP) is 5.46. The van der Waals surface area contributed by atoms with E-state index in [9.17, 15) is 22.8 Å². The molecule has 8 heteroatoms. The molecule has 1 fully saturated rings. The van der Waals surface area contributed by atoms with Crippen LogP contribution >= 0.6 is 0 Å². The number of hydrogen-bond acceptors (Lipinski definition) is 3. The zero-order valence-corrected chi connectivity index (χ0v) is 18.5. The van der Waals surface area contributed by atoms with Crippen molar-refractivity contribution in [2.24, 2.45) is 11.8 Å². The van der Waals surface area contributed by atoms with Crippen molar-refractivity contribution in [2.75, 3.05) is 16.8 Å². The van der Waals surface area contributed by atoms with Crippen LogP contribution in [0.3, 0.4) is 0 Å². The highest BCUT2D eigenvalue weighted by molar-refractivity contribution is 5.97. The fraction of sp³-hybridized carbons (Fsp3) is 0.375. The first kappa shape index (κ1) is 24.9. The lowest BCUT2D eigenvalue weighted by atomic mass is 9.95. The molecule has 1 heterocycles. The van der Waals surface area contributed by atoms with E-state index in [1.165, 1.54) is 11.1 Å². The first-order valence-electron chi connectivity index (χ1n) is 10.2. The molecule has 2 amide bonds. The summed E-state index contributed by atoms with van der Waals surface area (Å²) in [5, 5.41) is 10.6. The zero-order valence-electron chi connectivity index (χ0n) is 18.5. The Balaban J connectivity index is 0.000000229. The van der Waals surface area contributed by atoms with Crippen molar-refractivity contribution in [3.05, 3.63) is 58.7 Å². The lowest BCUT2D eigenvalue weighted by Crippen LogP contribution is -2.26. The molecule has 0 bridgehead atoms. The maximum Gasteiger partial charge on any atom is 0.416 e. The van der Waals surface area contributed by atoms with Gasteiger partial charge in [0.05, 0.1) is 17.2 Å². The van der Waals surface area contributed by atoms with Crippen molar-refractivity contribution < 1.29 is 22.8 Å². The summed E-state index contributed by atoms with van der Waals surface area (Å²) in [5.41, 5.74) is 2.34. The summed E-state index contributed by atoms with van der Waals surface area (Å²) in [5.74, 6) is 1.36. The van der Waals surface area contributed by atoms with Crippen LogP contribution < -0.4 is 10.2 Å². The number of carbonyl (C=O) groups excluding carboxylic acids is 2. The fourth-order valence-electron chi connectivity index (χ4n) is 3.64. The Morgan fingerprint density at radius 3 is 2.28 bits per heavy atom. The molecular formula is C24H26F3N3O2. The molecule has 0 radical (unpaired) electrons. The van der Waals surface area contributed by atoms with Crippen LogP contribution in [0.5, 0.6) is 0 Å². The average Bonchev–Trinajstić information content (AvgIpc) is 3.09. The van der Waals surface area contributed by atoms with Crippen LogP contribution in [-0.2, 0) is 15.8 Å². The normalized spacial score (nSPS) is 15.8. The number of nitriles is 1. The summed E-state index contributed by atoms with van der Waals surface area (Å²) in [6, 6.07) is 10.4. The molecule has 1 atom stereocenters. The molecule has 3 rings (SSSR count). The number of aryl methyl sites for hydroxylation is 2. The Kier molecular flexibility index (Phi) is 8.03. The first-order chi connectivity index (χ1) is 15.0. The molecule has 0 aliphatic carbocycles. The highest BCUT2D eigenvalue weighted by Gasteiger charge is 2.33. The largest absolute Gasteiger partial charge is 0.416 e. The zero-order chi connectivity index (χ0) is 24.1. The molecule has 5 nitrogen and oxygen atoms in total. The minimum absolute atomic E-state index is 0.0589. The summed E-state index contributed by atoms with van der Waals surface area (Å²) in [6.45, 7) is 9.44. The second kappa shape index (κ2) is 10.3. The van der Waals surface area contributed by atoms with Gasteiger partial charge >= 0.3 is 6.18 Å².